The van der Waals surface area contributed by atoms with Gasteiger partial charge in [-0.05, 0) is 79.9 Å². The minimum absolute atomic E-state index is 0.222. The minimum atomic E-state index is -4.43. The second-order valence-corrected chi connectivity index (χ2v) is 11.9. The summed E-state index contributed by atoms with van der Waals surface area (Å²) in [5.74, 6) is 1.28. The van der Waals surface area contributed by atoms with Crippen molar-refractivity contribution in [3.63, 3.8) is 0 Å². The van der Waals surface area contributed by atoms with Crippen molar-refractivity contribution in [2.75, 3.05) is 30.5 Å². The summed E-state index contributed by atoms with van der Waals surface area (Å²) in [5.41, 5.74) is 1.37. The maximum atomic E-state index is 13.1. The van der Waals surface area contributed by atoms with Crippen molar-refractivity contribution in [2.24, 2.45) is 4.99 Å². The molecule has 0 amide bonds. The molecule has 0 radical (unpaired) electrons. The molecule has 2 N–H and O–H groups in total. The number of anilines is 3. The molecule has 0 atom stereocenters. The monoisotopic (exact) mass is 512 g/mol. The van der Waals surface area contributed by atoms with Crippen LogP contribution in [0.2, 0.25) is 0 Å². The summed E-state index contributed by atoms with van der Waals surface area (Å²) in [6, 6.07) is 12.1. The molecule has 4 rings (SSSR count). The average Bonchev–Trinajstić information content (AvgIpc) is 3.21. The lowest BCUT2D eigenvalue weighted by atomic mass is 10.1. The maximum absolute atomic E-state index is 13.1. The predicted molar refractivity (Wildman–Crippen MR) is 139 cm³/mol. The van der Waals surface area contributed by atoms with Gasteiger partial charge in [-0.3, -0.25) is 4.99 Å². The van der Waals surface area contributed by atoms with Crippen molar-refractivity contribution in [3.05, 3.63) is 77.1 Å². The number of nitrogens with one attached hydrogen (secondary N) is 2. The molecule has 11 heteroatoms. The van der Waals surface area contributed by atoms with Gasteiger partial charge < -0.3 is 15.2 Å². The van der Waals surface area contributed by atoms with Crippen molar-refractivity contribution < 1.29 is 17.7 Å². The first-order valence-corrected chi connectivity index (χ1v) is 13.6. The first-order chi connectivity index (χ1) is 17.0. The van der Waals surface area contributed by atoms with Gasteiger partial charge in [0.05, 0.1) is 12.1 Å². The van der Waals surface area contributed by atoms with Gasteiger partial charge in [-0.2, -0.15) is 28.1 Å². The molecule has 1 aliphatic heterocycles. The third-order valence-corrected chi connectivity index (χ3v) is 6.70. The molecule has 1 aromatic heterocycles. The van der Waals surface area contributed by atoms with Crippen molar-refractivity contribution in [2.45, 2.75) is 13.1 Å². The molecular formula is C25H24F3N6OP. The van der Waals surface area contributed by atoms with E-state index in [0.29, 0.717) is 23.6 Å². The van der Waals surface area contributed by atoms with E-state index in [1.807, 2.05) is 13.0 Å². The molecule has 186 valence electrons. The number of aromatic nitrogens is 3. The van der Waals surface area contributed by atoms with E-state index in [4.69, 9.17) is 0 Å². The first kappa shape index (κ1) is 25.3. The van der Waals surface area contributed by atoms with E-state index >= 15 is 0 Å². The van der Waals surface area contributed by atoms with E-state index in [9.17, 15) is 17.7 Å². The Morgan fingerprint density at radius 2 is 1.64 bits per heavy atom. The van der Waals surface area contributed by atoms with Gasteiger partial charge in [-0.25, -0.2) is 0 Å². The van der Waals surface area contributed by atoms with Crippen LogP contribution >= 0.6 is 7.14 Å². The van der Waals surface area contributed by atoms with Crippen LogP contribution < -0.4 is 15.9 Å². The van der Waals surface area contributed by atoms with E-state index in [-0.39, 0.29) is 17.7 Å². The van der Waals surface area contributed by atoms with Gasteiger partial charge in [0.25, 0.3) is 0 Å². The number of halogens is 3. The molecule has 7 nitrogen and oxygen atoms in total. The number of nitrogens with zero attached hydrogens (tertiary/aromatic N) is 4. The summed E-state index contributed by atoms with van der Waals surface area (Å²) in [6.07, 6.45) is 0.460. The number of aliphatic imine (C=N–C) groups is 1. The van der Waals surface area contributed by atoms with Crippen LogP contribution in [-0.4, -0.2) is 40.7 Å². The molecule has 0 saturated carbocycles. The average molecular weight is 512 g/mol. The van der Waals surface area contributed by atoms with Crippen molar-refractivity contribution in [1.82, 2.24) is 15.0 Å². The minimum Gasteiger partial charge on any atom is -0.324 e. The predicted octanol–water partition coefficient (Wildman–Crippen LogP) is 5.82. The molecule has 2 heterocycles. The standard InChI is InChI=1S/C25H24F3N6OP/c1-16-13-22(29-15-16)33-24-32-21(12-7-17-5-4-6-18(14-17)25(26,27)28)31-23(34-24)30-19-8-10-20(11-9-19)36(2,3)35/h4-14H,15H2,1-3H3,(H2,29,30,31,32,33,34)/b12-7+. The Bertz CT molecular complexity index is 1410. The van der Waals surface area contributed by atoms with E-state index in [1.54, 1.807) is 43.7 Å². The van der Waals surface area contributed by atoms with E-state index in [2.05, 4.69) is 30.6 Å². The summed E-state index contributed by atoms with van der Waals surface area (Å²) < 4.78 is 51.4. The molecule has 36 heavy (non-hydrogen) atoms. The molecule has 3 aromatic rings. The quantitative estimate of drug-likeness (QED) is 0.404. The fourth-order valence-corrected chi connectivity index (χ4v) is 4.19. The van der Waals surface area contributed by atoms with Crippen LogP contribution in [0.25, 0.3) is 12.2 Å². The van der Waals surface area contributed by atoms with Gasteiger partial charge in [0.1, 0.15) is 13.0 Å². The lowest BCUT2D eigenvalue weighted by molar-refractivity contribution is -0.137. The third-order valence-electron chi connectivity index (χ3n) is 5.16. The van der Waals surface area contributed by atoms with Crippen LogP contribution in [0.1, 0.15) is 23.9 Å². The maximum Gasteiger partial charge on any atom is 0.416 e. The lowest BCUT2D eigenvalue weighted by Gasteiger charge is -2.11. The summed E-state index contributed by atoms with van der Waals surface area (Å²) >= 11 is 0. The van der Waals surface area contributed by atoms with Gasteiger partial charge in [0.15, 0.2) is 5.82 Å². The number of amidine groups is 1. The molecule has 0 aliphatic carbocycles. The third kappa shape index (κ3) is 6.66. The SMILES string of the molecule is CC1=CC(Nc2nc(/C=C/c3cccc(C(F)(F)F)c3)nc(Nc3ccc(P(C)(C)=O)cc3)n2)=NC1. The first-order valence-electron chi connectivity index (χ1n) is 11.0. The highest BCUT2D eigenvalue weighted by Gasteiger charge is 2.30. The second-order valence-electron chi connectivity index (χ2n) is 8.64. The Hall–Kier alpha value is -3.78. The Morgan fingerprint density at radius 3 is 2.25 bits per heavy atom. The smallest absolute Gasteiger partial charge is 0.324 e. The highest BCUT2D eigenvalue weighted by atomic mass is 31.2. The van der Waals surface area contributed by atoms with Crippen LogP contribution in [0, 0.1) is 0 Å². The van der Waals surface area contributed by atoms with Crippen molar-refractivity contribution in [3.8, 4) is 0 Å². The Morgan fingerprint density at radius 1 is 0.944 bits per heavy atom. The number of hydrogen-bond donors (Lipinski definition) is 2. The Balaban J connectivity index is 1.63. The van der Waals surface area contributed by atoms with Crippen molar-refractivity contribution in [1.29, 1.82) is 0 Å². The molecule has 0 bridgehead atoms. The fourth-order valence-electron chi connectivity index (χ4n) is 3.33. The summed E-state index contributed by atoms with van der Waals surface area (Å²) in [4.78, 5) is 17.5. The molecular weight excluding hydrogens is 488 g/mol. The number of rotatable bonds is 6. The molecule has 1 aliphatic rings. The summed E-state index contributed by atoms with van der Waals surface area (Å²) in [7, 11) is -2.39. The normalized spacial score (nSPS) is 14.1. The van der Waals surface area contributed by atoms with Crippen LogP contribution in [0.15, 0.2) is 65.2 Å². The van der Waals surface area contributed by atoms with Crippen LogP contribution in [0.4, 0.5) is 30.8 Å². The zero-order chi connectivity index (χ0) is 25.9. The highest BCUT2D eigenvalue weighted by Crippen LogP contribution is 2.34. The summed E-state index contributed by atoms with van der Waals surface area (Å²) in [5, 5.41) is 6.89. The Kier molecular flexibility index (Phi) is 7.08. The van der Waals surface area contributed by atoms with Gasteiger partial charge in [-0.1, -0.05) is 18.2 Å². The second kappa shape index (κ2) is 10.1. The molecule has 0 unspecified atom stereocenters. The number of benzene rings is 2. The number of alkyl halides is 3. The van der Waals surface area contributed by atoms with E-state index in [1.165, 1.54) is 18.2 Å². The molecule has 0 fully saturated rings. The molecule has 0 spiro atoms. The summed E-state index contributed by atoms with van der Waals surface area (Å²) in [6.45, 7) is 5.93. The topological polar surface area (TPSA) is 92.2 Å². The zero-order valence-corrected chi connectivity index (χ0v) is 20.7. The highest BCUT2D eigenvalue weighted by molar-refractivity contribution is 7.70. The largest absolute Gasteiger partial charge is 0.416 e. The van der Waals surface area contributed by atoms with Gasteiger partial charge in [-0.15, -0.1) is 0 Å². The van der Waals surface area contributed by atoms with Crippen LogP contribution in [0.3, 0.4) is 0 Å². The van der Waals surface area contributed by atoms with Gasteiger partial charge in [0.2, 0.25) is 11.9 Å². The van der Waals surface area contributed by atoms with Crippen LogP contribution in [0.5, 0.6) is 0 Å². The van der Waals surface area contributed by atoms with E-state index < -0.39 is 18.9 Å². The Labute approximate surface area is 206 Å². The van der Waals surface area contributed by atoms with Gasteiger partial charge in [0, 0.05) is 11.0 Å². The molecule has 0 saturated heterocycles. The van der Waals surface area contributed by atoms with Crippen molar-refractivity contribution >= 4 is 48.0 Å². The van der Waals surface area contributed by atoms with E-state index in [0.717, 1.165) is 23.0 Å². The fraction of sp³-hybridized carbons (Fsp3) is 0.200. The molecule has 2 aromatic carbocycles. The number of hydrogen-bond acceptors (Lipinski definition) is 7. The van der Waals surface area contributed by atoms with Crippen LogP contribution in [-0.2, 0) is 10.7 Å². The van der Waals surface area contributed by atoms with Gasteiger partial charge >= 0.3 is 6.18 Å². The lowest BCUT2D eigenvalue weighted by Crippen LogP contribution is -2.13. The zero-order valence-electron chi connectivity index (χ0n) is 19.8.